The smallest absolute Gasteiger partial charge is 0.164 e. The van der Waals surface area contributed by atoms with Crippen LogP contribution < -0.4 is 0 Å². The summed E-state index contributed by atoms with van der Waals surface area (Å²) in [6, 6.07) is 14.5. The second-order valence-electron chi connectivity index (χ2n) is 13.2. The van der Waals surface area contributed by atoms with Gasteiger partial charge < -0.3 is 10.1 Å². The standard InChI is InChI=1S/C24H28N.C13H24O2.Ir/c1-15(2)11-18(5)21-7-8-23-22(19(21)6)9-10-25-24(23)20-13-16(3)12-17(4)14-20;1-7-12(3,4)10(14)9-11(15)13(5,6)8-2;/h7-10,12-13,15,18H,11H2,1-6H3;9,14H,7-8H2,1-6H3;/q-1;;/b;10-9-;. The molecule has 0 saturated heterocycles. The molecule has 2 aromatic carbocycles. The minimum atomic E-state index is -0.377. The molecule has 1 unspecified atom stereocenters. The zero-order valence-corrected chi connectivity index (χ0v) is 29.8. The predicted molar refractivity (Wildman–Crippen MR) is 172 cm³/mol. The summed E-state index contributed by atoms with van der Waals surface area (Å²) in [4.78, 5) is 16.5. The van der Waals surface area contributed by atoms with Gasteiger partial charge in [-0.05, 0) is 71.7 Å². The average molecular weight is 735 g/mol. The van der Waals surface area contributed by atoms with Crippen molar-refractivity contribution < 1.29 is 30.0 Å². The van der Waals surface area contributed by atoms with Crippen molar-refractivity contribution in [3.63, 3.8) is 0 Å². The van der Waals surface area contributed by atoms with Crippen LogP contribution in [0.5, 0.6) is 0 Å². The molecule has 3 nitrogen and oxygen atoms in total. The maximum atomic E-state index is 11.8. The van der Waals surface area contributed by atoms with Gasteiger partial charge in [-0.3, -0.25) is 4.79 Å². The van der Waals surface area contributed by atoms with Crippen molar-refractivity contribution in [3.05, 3.63) is 76.7 Å². The molecule has 1 N–H and O–H groups in total. The third kappa shape index (κ3) is 9.62. The van der Waals surface area contributed by atoms with E-state index in [0.717, 1.165) is 29.7 Å². The van der Waals surface area contributed by atoms with Gasteiger partial charge in [-0.25, -0.2) is 0 Å². The molecule has 0 bridgehead atoms. The third-order valence-corrected chi connectivity index (χ3v) is 8.41. The van der Waals surface area contributed by atoms with Gasteiger partial charge in [0.05, 0.1) is 0 Å². The second kappa shape index (κ2) is 15.3. The van der Waals surface area contributed by atoms with E-state index in [2.05, 4.69) is 77.9 Å². The number of nitrogens with zero attached hydrogens (tertiary/aromatic N) is 1. The minimum absolute atomic E-state index is 0. The van der Waals surface area contributed by atoms with Crippen LogP contribution >= 0.6 is 0 Å². The molecule has 0 aliphatic carbocycles. The summed E-state index contributed by atoms with van der Waals surface area (Å²) in [5.41, 5.74) is 6.70. The van der Waals surface area contributed by atoms with Crippen LogP contribution in [-0.4, -0.2) is 15.9 Å². The molecule has 1 radical (unpaired) electrons. The first-order valence-electron chi connectivity index (χ1n) is 14.9. The monoisotopic (exact) mass is 735 g/mol. The van der Waals surface area contributed by atoms with Crippen molar-refractivity contribution in [2.75, 3.05) is 0 Å². The Bertz CT molecular complexity index is 1330. The van der Waals surface area contributed by atoms with Crippen molar-refractivity contribution >= 4 is 16.6 Å². The van der Waals surface area contributed by atoms with E-state index in [1.807, 2.05) is 47.7 Å². The van der Waals surface area contributed by atoms with Crippen molar-refractivity contribution in [3.8, 4) is 11.3 Å². The average Bonchev–Trinajstić information content (AvgIpc) is 2.87. The van der Waals surface area contributed by atoms with Crippen LogP contribution in [-0.2, 0) is 24.9 Å². The second-order valence-corrected chi connectivity index (χ2v) is 13.2. The maximum Gasteiger partial charge on any atom is 0.164 e. The molecule has 0 saturated carbocycles. The van der Waals surface area contributed by atoms with Crippen molar-refractivity contribution in [2.45, 2.75) is 108 Å². The maximum absolute atomic E-state index is 11.8. The molecule has 0 aliphatic rings. The molecular weight excluding hydrogens is 683 g/mol. The molecule has 0 amide bonds. The Morgan fingerprint density at radius 1 is 0.951 bits per heavy atom. The SMILES string of the molecule is CCC(C)(C)C(=O)/C=C(\O)C(C)(C)CC.Cc1[c-]c(-c2nccc3c(C)c(C(C)CC(C)C)ccc23)cc(C)c1.[Ir]. The number of aliphatic hydroxyl groups excluding tert-OH is 1. The van der Waals surface area contributed by atoms with E-state index in [0.29, 0.717) is 11.8 Å². The number of rotatable bonds is 9. The van der Waals surface area contributed by atoms with Gasteiger partial charge >= 0.3 is 0 Å². The van der Waals surface area contributed by atoms with Crippen LogP contribution in [0.25, 0.3) is 22.0 Å². The normalized spacial score (nSPS) is 13.0. The van der Waals surface area contributed by atoms with E-state index in [9.17, 15) is 9.90 Å². The summed E-state index contributed by atoms with van der Waals surface area (Å²) in [6.45, 7) is 25.1. The van der Waals surface area contributed by atoms with Gasteiger partial charge in [-0.1, -0.05) is 88.3 Å². The number of fused-ring (bicyclic) bond motifs is 1. The number of aromatic nitrogens is 1. The number of aryl methyl sites for hydroxylation is 3. The third-order valence-electron chi connectivity index (χ3n) is 8.41. The Balaban J connectivity index is 0.000000456. The fourth-order valence-corrected chi connectivity index (χ4v) is 4.90. The molecule has 4 heteroatoms. The summed E-state index contributed by atoms with van der Waals surface area (Å²) < 4.78 is 0. The first kappa shape index (κ1) is 36.7. The number of benzene rings is 2. The number of carbonyl (C=O) groups is 1. The molecule has 0 spiro atoms. The molecular formula is C37H52IrNO2-. The number of ketones is 1. The first-order chi connectivity index (χ1) is 18.5. The summed E-state index contributed by atoms with van der Waals surface area (Å²) in [6.07, 6.45) is 6.15. The largest absolute Gasteiger partial charge is 0.512 e. The van der Waals surface area contributed by atoms with Gasteiger partial charge in [-0.2, -0.15) is 0 Å². The van der Waals surface area contributed by atoms with Gasteiger partial charge in [0.25, 0.3) is 0 Å². The first-order valence-corrected chi connectivity index (χ1v) is 14.9. The molecule has 3 rings (SSSR count). The number of aliphatic hydroxyl groups is 1. The van der Waals surface area contributed by atoms with E-state index >= 15 is 0 Å². The van der Waals surface area contributed by atoms with Gasteiger partial charge in [0, 0.05) is 43.2 Å². The zero-order valence-electron chi connectivity index (χ0n) is 27.5. The molecule has 1 atom stereocenters. The number of hydrogen-bond acceptors (Lipinski definition) is 3. The molecule has 227 valence electrons. The molecule has 1 heterocycles. The Kier molecular flexibility index (Phi) is 13.7. The Morgan fingerprint density at radius 3 is 2.10 bits per heavy atom. The predicted octanol–water partition coefficient (Wildman–Crippen LogP) is 10.6. The Morgan fingerprint density at radius 2 is 1.56 bits per heavy atom. The summed E-state index contributed by atoms with van der Waals surface area (Å²) in [7, 11) is 0. The molecule has 0 fully saturated rings. The van der Waals surface area contributed by atoms with Crippen molar-refractivity contribution in [1.29, 1.82) is 0 Å². The van der Waals surface area contributed by atoms with Gasteiger partial charge in [-0.15, -0.1) is 34.9 Å². The number of allylic oxidation sites excluding steroid dienone is 2. The van der Waals surface area contributed by atoms with Crippen LogP contribution in [0.3, 0.4) is 0 Å². The van der Waals surface area contributed by atoms with Crippen LogP contribution in [0, 0.1) is 43.6 Å². The van der Waals surface area contributed by atoms with E-state index < -0.39 is 0 Å². The zero-order chi connectivity index (χ0) is 30.4. The fourth-order valence-electron chi connectivity index (χ4n) is 4.90. The van der Waals surface area contributed by atoms with Crippen molar-refractivity contribution in [2.24, 2.45) is 16.7 Å². The van der Waals surface area contributed by atoms with Crippen LogP contribution in [0.2, 0.25) is 0 Å². The van der Waals surface area contributed by atoms with E-state index in [1.165, 1.54) is 40.0 Å². The van der Waals surface area contributed by atoms with Crippen LogP contribution in [0.1, 0.15) is 110 Å². The van der Waals surface area contributed by atoms with Crippen LogP contribution in [0.4, 0.5) is 0 Å². The fraction of sp³-hybridized carbons (Fsp3) is 0.514. The summed E-state index contributed by atoms with van der Waals surface area (Å²) in [5, 5.41) is 12.4. The van der Waals surface area contributed by atoms with Gasteiger partial charge in [0.15, 0.2) is 5.78 Å². The van der Waals surface area contributed by atoms with Gasteiger partial charge in [0.2, 0.25) is 0 Å². The molecule has 0 aliphatic heterocycles. The molecule has 1 aromatic heterocycles. The molecule has 3 aromatic rings. The minimum Gasteiger partial charge on any atom is -0.512 e. The quantitative estimate of drug-likeness (QED) is 0.135. The number of carbonyl (C=O) groups excluding carboxylic acids is 1. The number of hydrogen-bond donors (Lipinski definition) is 1. The number of pyridine rings is 1. The van der Waals surface area contributed by atoms with E-state index in [1.54, 1.807) is 0 Å². The Hall–Kier alpha value is -2.29. The topological polar surface area (TPSA) is 50.2 Å². The Labute approximate surface area is 263 Å². The summed E-state index contributed by atoms with van der Waals surface area (Å²) in [5.74, 6) is 1.48. The van der Waals surface area contributed by atoms with Gasteiger partial charge in [0.1, 0.15) is 5.76 Å². The van der Waals surface area contributed by atoms with E-state index in [4.69, 9.17) is 4.98 Å². The van der Waals surface area contributed by atoms with Crippen molar-refractivity contribution in [1.82, 2.24) is 4.98 Å². The summed E-state index contributed by atoms with van der Waals surface area (Å²) >= 11 is 0. The van der Waals surface area contributed by atoms with E-state index in [-0.39, 0.29) is 42.5 Å². The molecule has 41 heavy (non-hydrogen) atoms. The van der Waals surface area contributed by atoms with Crippen LogP contribution in [0.15, 0.2) is 48.4 Å².